The van der Waals surface area contributed by atoms with Gasteiger partial charge in [0.1, 0.15) is 5.52 Å². The van der Waals surface area contributed by atoms with E-state index in [0.717, 1.165) is 22.3 Å². The standard InChI is InChI=1S/C22H23Cl2N5O/c1-14(29(10-11-30)13-15-6-4-3-5-7-15)21-19-16(18-8-9-28(2)27-18)12-17(23)20(24)22(19)26-25-21/h3-9,12,14,30H,10-11,13H2,1-2H3,(H,25,26). The van der Waals surface area contributed by atoms with Crippen molar-refractivity contribution in [3.63, 3.8) is 0 Å². The first-order valence-electron chi connectivity index (χ1n) is 9.74. The van der Waals surface area contributed by atoms with E-state index in [-0.39, 0.29) is 12.6 Å². The third kappa shape index (κ3) is 3.96. The summed E-state index contributed by atoms with van der Waals surface area (Å²) in [6, 6.07) is 13.9. The number of halogens is 2. The maximum absolute atomic E-state index is 9.67. The summed E-state index contributed by atoms with van der Waals surface area (Å²) in [5.41, 5.74) is 4.38. The van der Waals surface area contributed by atoms with E-state index in [9.17, 15) is 5.11 Å². The molecule has 0 saturated carbocycles. The van der Waals surface area contributed by atoms with Crippen molar-refractivity contribution >= 4 is 34.1 Å². The molecule has 2 aromatic heterocycles. The van der Waals surface area contributed by atoms with Gasteiger partial charge in [0.2, 0.25) is 0 Å². The number of aryl methyl sites for hydroxylation is 1. The van der Waals surface area contributed by atoms with Crippen LogP contribution in [0.2, 0.25) is 10.0 Å². The second kappa shape index (κ2) is 8.78. The molecule has 0 aliphatic rings. The number of fused-ring (bicyclic) bond motifs is 1. The topological polar surface area (TPSA) is 70.0 Å². The number of aromatic nitrogens is 4. The number of aliphatic hydroxyl groups excluding tert-OH is 1. The van der Waals surface area contributed by atoms with Crippen molar-refractivity contribution in [1.29, 1.82) is 0 Å². The molecule has 2 aromatic carbocycles. The maximum atomic E-state index is 9.67. The molecule has 0 aliphatic heterocycles. The van der Waals surface area contributed by atoms with Crippen molar-refractivity contribution in [2.45, 2.75) is 19.5 Å². The summed E-state index contributed by atoms with van der Waals surface area (Å²) in [6.07, 6.45) is 1.89. The first-order chi connectivity index (χ1) is 14.5. The molecule has 0 saturated heterocycles. The molecule has 0 aliphatic carbocycles. The van der Waals surface area contributed by atoms with Crippen LogP contribution in [0, 0.1) is 0 Å². The molecule has 4 rings (SSSR count). The average molecular weight is 444 g/mol. The zero-order valence-electron chi connectivity index (χ0n) is 16.8. The van der Waals surface area contributed by atoms with Crippen LogP contribution in [-0.4, -0.2) is 43.1 Å². The minimum atomic E-state index is -0.0536. The Bertz CT molecular complexity index is 1160. The second-order valence-electron chi connectivity index (χ2n) is 7.31. The van der Waals surface area contributed by atoms with E-state index in [1.807, 2.05) is 43.6 Å². The normalized spacial score (nSPS) is 12.7. The van der Waals surface area contributed by atoms with Gasteiger partial charge in [0.25, 0.3) is 0 Å². The van der Waals surface area contributed by atoms with Crippen LogP contribution in [0.1, 0.15) is 24.2 Å². The van der Waals surface area contributed by atoms with Crippen LogP contribution in [0.5, 0.6) is 0 Å². The molecule has 0 radical (unpaired) electrons. The van der Waals surface area contributed by atoms with Gasteiger partial charge in [0.05, 0.1) is 28.0 Å². The number of rotatable bonds is 7. The number of nitrogens with one attached hydrogen (secondary N) is 1. The Labute approximate surface area is 185 Å². The van der Waals surface area contributed by atoms with E-state index in [4.69, 9.17) is 23.2 Å². The van der Waals surface area contributed by atoms with E-state index in [2.05, 4.69) is 39.3 Å². The molecule has 0 bridgehead atoms. The van der Waals surface area contributed by atoms with E-state index in [1.54, 1.807) is 4.68 Å². The molecule has 2 N–H and O–H groups in total. The lowest BCUT2D eigenvalue weighted by molar-refractivity contribution is 0.150. The van der Waals surface area contributed by atoms with Gasteiger partial charge in [-0.25, -0.2) is 0 Å². The predicted octanol–water partition coefficient (Wildman–Crippen LogP) is 4.83. The first-order valence-corrected chi connectivity index (χ1v) is 10.5. The Kier molecular flexibility index (Phi) is 6.11. The summed E-state index contributed by atoms with van der Waals surface area (Å²) in [5.74, 6) is 0. The number of aliphatic hydroxyl groups is 1. The Morgan fingerprint density at radius 3 is 2.63 bits per heavy atom. The second-order valence-corrected chi connectivity index (χ2v) is 8.10. The fourth-order valence-corrected chi connectivity index (χ4v) is 4.15. The van der Waals surface area contributed by atoms with Crippen LogP contribution in [0.3, 0.4) is 0 Å². The van der Waals surface area contributed by atoms with E-state index in [1.165, 1.54) is 5.56 Å². The summed E-state index contributed by atoms with van der Waals surface area (Å²) in [7, 11) is 1.87. The van der Waals surface area contributed by atoms with Crippen molar-refractivity contribution in [2.24, 2.45) is 7.05 Å². The smallest absolute Gasteiger partial charge is 0.113 e. The highest BCUT2D eigenvalue weighted by Gasteiger charge is 2.25. The third-order valence-electron chi connectivity index (χ3n) is 5.32. The Hall–Kier alpha value is -2.38. The molecule has 4 aromatic rings. The van der Waals surface area contributed by atoms with Crippen LogP contribution in [0.4, 0.5) is 0 Å². The van der Waals surface area contributed by atoms with E-state index < -0.39 is 0 Å². The summed E-state index contributed by atoms with van der Waals surface area (Å²) < 4.78 is 1.75. The summed E-state index contributed by atoms with van der Waals surface area (Å²) in [6.45, 7) is 3.37. The largest absolute Gasteiger partial charge is 0.395 e. The highest BCUT2D eigenvalue weighted by Crippen LogP contribution is 2.40. The van der Waals surface area contributed by atoms with E-state index >= 15 is 0 Å². The lowest BCUT2D eigenvalue weighted by Crippen LogP contribution is -2.30. The summed E-state index contributed by atoms with van der Waals surface area (Å²) in [5, 5.41) is 23.6. The number of hydrogen-bond acceptors (Lipinski definition) is 4. The van der Waals surface area contributed by atoms with E-state index in [0.29, 0.717) is 28.7 Å². The molecule has 30 heavy (non-hydrogen) atoms. The highest BCUT2D eigenvalue weighted by molar-refractivity contribution is 6.45. The summed E-state index contributed by atoms with van der Waals surface area (Å²) >= 11 is 12.9. The molecular formula is C22H23Cl2N5O. The maximum Gasteiger partial charge on any atom is 0.113 e. The lowest BCUT2D eigenvalue weighted by atomic mass is 10.0. The number of H-pyrrole nitrogens is 1. The molecule has 2 heterocycles. The summed E-state index contributed by atoms with van der Waals surface area (Å²) in [4.78, 5) is 2.20. The molecule has 0 spiro atoms. The average Bonchev–Trinajstić information content (AvgIpc) is 3.37. The van der Waals surface area contributed by atoms with Gasteiger partial charge in [0, 0.05) is 43.3 Å². The molecule has 1 atom stereocenters. The minimum absolute atomic E-state index is 0.0536. The number of nitrogens with zero attached hydrogens (tertiary/aromatic N) is 4. The SMILES string of the molecule is CC(c1[nH]nc2c(Cl)c(Cl)cc(-c3ccn(C)n3)c12)N(CCO)Cc1ccccc1. The van der Waals surface area contributed by atoms with Crippen LogP contribution in [0.25, 0.3) is 22.2 Å². The molecule has 8 heteroatoms. The van der Waals surface area contributed by atoms with Crippen LogP contribution >= 0.6 is 23.2 Å². The molecule has 0 amide bonds. The molecule has 6 nitrogen and oxygen atoms in total. The first kappa shape index (κ1) is 20.9. The van der Waals surface area contributed by atoms with Crippen molar-refractivity contribution in [3.8, 4) is 11.3 Å². The number of benzene rings is 2. The van der Waals surface area contributed by atoms with Gasteiger partial charge in [-0.15, -0.1) is 0 Å². The zero-order chi connectivity index (χ0) is 21.3. The third-order valence-corrected chi connectivity index (χ3v) is 6.10. The highest BCUT2D eigenvalue weighted by atomic mass is 35.5. The zero-order valence-corrected chi connectivity index (χ0v) is 18.3. The molecule has 1 unspecified atom stereocenters. The monoisotopic (exact) mass is 443 g/mol. The lowest BCUT2D eigenvalue weighted by Gasteiger charge is -2.28. The van der Waals surface area contributed by atoms with Crippen molar-refractivity contribution in [1.82, 2.24) is 24.9 Å². The Balaban J connectivity index is 1.82. The number of aromatic amines is 1. The van der Waals surface area contributed by atoms with Crippen molar-refractivity contribution in [3.05, 3.63) is 70.0 Å². The molecule has 0 fully saturated rings. The van der Waals surface area contributed by atoms with Crippen LogP contribution < -0.4 is 0 Å². The number of hydrogen-bond donors (Lipinski definition) is 2. The van der Waals surface area contributed by atoms with Crippen LogP contribution in [-0.2, 0) is 13.6 Å². The van der Waals surface area contributed by atoms with Gasteiger partial charge in [-0.05, 0) is 24.6 Å². The van der Waals surface area contributed by atoms with Crippen molar-refractivity contribution < 1.29 is 5.11 Å². The fraction of sp³-hybridized carbons (Fsp3) is 0.273. The quantitative estimate of drug-likeness (QED) is 0.429. The van der Waals surface area contributed by atoms with Crippen molar-refractivity contribution in [2.75, 3.05) is 13.2 Å². The fourth-order valence-electron chi connectivity index (χ4n) is 3.76. The minimum Gasteiger partial charge on any atom is -0.395 e. The van der Waals surface area contributed by atoms with Gasteiger partial charge in [0.15, 0.2) is 0 Å². The Morgan fingerprint density at radius 1 is 1.20 bits per heavy atom. The van der Waals surface area contributed by atoms with Gasteiger partial charge in [-0.2, -0.15) is 10.2 Å². The Morgan fingerprint density at radius 2 is 1.97 bits per heavy atom. The molecular weight excluding hydrogens is 421 g/mol. The van der Waals surface area contributed by atoms with Gasteiger partial charge >= 0.3 is 0 Å². The molecule has 156 valence electrons. The predicted molar refractivity (Wildman–Crippen MR) is 121 cm³/mol. The van der Waals surface area contributed by atoms with Gasteiger partial charge in [-0.1, -0.05) is 53.5 Å². The van der Waals surface area contributed by atoms with Gasteiger partial charge in [-0.3, -0.25) is 14.7 Å². The van der Waals surface area contributed by atoms with Gasteiger partial charge < -0.3 is 5.11 Å². The van der Waals surface area contributed by atoms with Crippen LogP contribution in [0.15, 0.2) is 48.7 Å².